The van der Waals surface area contributed by atoms with Gasteiger partial charge in [-0.3, -0.25) is 4.79 Å². The molecule has 0 radical (unpaired) electrons. The number of carbonyl (C=O) groups excluding carboxylic acids is 1. The van der Waals surface area contributed by atoms with Crippen LogP contribution >= 0.6 is 0 Å². The quantitative estimate of drug-likeness (QED) is 0.738. The fraction of sp³-hybridized carbons (Fsp3) is 0.500. The van der Waals surface area contributed by atoms with Crippen LogP contribution in [0.4, 0.5) is 0 Å². The molecular formula is C10H14N2O4. The number of aromatic amines is 1. The number of aromatic nitrogens is 2. The van der Waals surface area contributed by atoms with Crippen molar-refractivity contribution in [2.45, 2.75) is 20.5 Å². The molecule has 88 valence electrons. The Labute approximate surface area is 92.6 Å². The number of nitrogens with zero attached hydrogens (tertiary/aromatic N) is 1. The monoisotopic (exact) mass is 226 g/mol. The molecule has 0 aliphatic heterocycles. The molecule has 0 unspecified atom stereocenters. The molecule has 1 N–H and O–H groups in total. The molecule has 0 amide bonds. The summed E-state index contributed by atoms with van der Waals surface area (Å²) in [5.41, 5.74) is -0.606. The lowest BCUT2D eigenvalue weighted by molar-refractivity contribution is 0.0523. The van der Waals surface area contributed by atoms with Crippen LogP contribution in [0.25, 0.3) is 0 Å². The first-order chi connectivity index (χ1) is 7.69. The van der Waals surface area contributed by atoms with E-state index < -0.39 is 11.5 Å². The highest BCUT2D eigenvalue weighted by Crippen LogP contribution is 1.95. The standard InChI is InChI=1S/C10H14N2O4/c1-3-15-6-8-11-5-7(9(13)12-8)10(14)16-4-2/h5H,3-4,6H2,1-2H3,(H,11,12,13). The van der Waals surface area contributed by atoms with Crippen LogP contribution in [-0.2, 0) is 16.1 Å². The van der Waals surface area contributed by atoms with Gasteiger partial charge in [0.15, 0.2) is 0 Å². The third-order valence-electron chi connectivity index (χ3n) is 1.79. The van der Waals surface area contributed by atoms with Crippen molar-refractivity contribution >= 4 is 5.97 Å². The maximum Gasteiger partial charge on any atom is 0.345 e. The van der Waals surface area contributed by atoms with Crippen molar-refractivity contribution in [3.63, 3.8) is 0 Å². The van der Waals surface area contributed by atoms with Crippen LogP contribution in [0.1, 0.15) is 30.0 Å². The Kier molecular flexibility index (Phi) is 4.65. The summed E-state index contributed by atoms with van der Waals surface area (Å²) in [6.45, 7) is 4.48. The van der Waals surface area contributed by atoms with E-state index in [1.54, 1.807) is 6.92 Å². The summed E-state index contributed by atoms with van der Waals surface area (Å²) in [5.74, 6) is -0.279. The van der Waals surface area contributed by atoms with Crippen LogP contribution in [-0.4, -0.2) is 29.2 Å². The van der Waals surface area contributed by atoms with Crippen LogP contribution in [0.2, 0.25) is 0 Å². The van der Waals surface area contributed by atoms with E-state index in [2.05, 4.69) is 9.97 Å². The molecule has 0 aliphatic rings. The van der Waals surface area contributed by atoms with Gasteiger partial charge in [-0.2, -0.15) is 0 Å². The number of carbonyl (C=O) groups is 1. The third kappa shape index (κ3) is 3.16. The summed E-state index contributed by atoms with van der Waals surface area (Å²) < 4.78 is 9.77. The van der Waals surface area contributed by atoms with Gasteiger partial charge in [-0.1, -0.05) is 0 Å². The van der Waals surface area contributed by atoms with E-state index in [1.165, 1.54) is 6.20 Å². The molecule has 1 aromatic heterocycles. The van der Waals surface area contributed by atoms with Gasteiger partial charge < -0.3 is 14.5 Å². The highest BCUT2D eigenvalue weighted by Gasteiger charge is 2.12. The second-order valence-corrected chi connectivity index (χ2v) is 2.93. The van der Waals surface area contributed by atoms with Gasteiger partial charge in [0.2, 0.25) is 0 Å². The molecule has 0 fully saturated rings. The number of H-pyrrole nitrogens is 1. The van der Waals surface area contributed by atoms with E-state index >= 15 is 0 Å². The van der Waals surface area contributed by atoms with E-state index in [0.717, 1.165) is 0 Å². The Hall–Kier alpha value is -1.69. The average Bonchev–Trinajstić information content (AvgIpc) is 2.26. The normalized spacial score (nSPS) is 10.1. The maximum atomic E-state index is 11.5. The van der Waals surface area contributed by atoms with Gasteiger partial charge in [0.1, 0.15) is 18.0 Å². The maximum absolute atomic E-state index is 11.5. The van der Waals surface area contributed by atoms with Crippen molar-refractivity contribution in [2.75, 3.05) is 13.2 Å². The lowest BCUT2D eigenvalue weighted by atomic mass is 10.3. The van der Waals surface area contributed by atoms with E-state index in [9.17, 15) is 9.59 Å². The number of esters is 1. The van der Waals surface area contributed by atoms with Crippen molar-refractivity contribution in [1.82, 2.24) is 9.97 Å². The third-order valence-corrected chi connectivity index (χ3v) is 1.79. The van der Waals surface area contributed by atoms with Crippen LogP contribution < -0.4 is 5.56 Å². The predicted octanol–water partition coefficient (Wildman–Crippen LogP) is 0.483. The van der Waals surface area contributed by atoms with Gasteiger partial charge in [-0.05, 0) is 13.8 Å². The zero-order valence-corrected chi connectivity index (χ0v) is 9.28. The molecule has 1 aromatic rings. The van der Waals surface area contributed by atoms with Crippen molar-refractivity contribution < 1.29 is 14.3 Å². The van der Waals surface area contributed by atoms with Gasteiger partial charge in [0, 0.05) is 12.8 Å². The smallest absolute Gasteiger partial charge is 0.345 e. The predicted molar refractivity (Wildman–Crippen MR) is 56.1 cm³/mol. The Bertz CT molecular complexity index is 414. The molecule has 0 atom stereocenters. The average molecular weight is 226 g/mol. The van der Waals surface area contributed by atoms with E-state index in [0.29, 0.717) is 12.4 Å². The summed E-state index contributed by atoms with van der Waals surface area (Å²) in [5, 5.41) is 0. The Morgan fingerprint density at radius 1 is 1.44 bits per heavy atom. The minimum Gasteiger partial charge on any atom is -0.462 e. The Morgan fingerprint density at radius 2 is 2.19 bits per heavy atom. The molecule has 1 heterocycles. The highest BCUT2D eigenvalue weighted by atomic mass is 16.5. The number of hydrogen-bond acceptors (Lipinski definition) is 5. The van der Waals surface area contributed by atoms with Crippen LogP contribution in [0.3, 0.4) is 0 Å². The molecular weight excluding hydrogens is 212 g/mol. The first-order valence-corrected chi connectivity index (χ1v) is 5.02. The minimum absolute atomic E-state index is 0.0953. The topological polar surface area (TPSA) is 81.3 Å². The summed E-state index contributed by atoms with van der Waals surface area (Å²) in [6, 6.07) is 0. The van der Waals surface area contributed by atoms with E-state index in [4.69, 9.17) is 9.47 Å². The number of nitrogens with one attached hydrogen (secondary N) is 1. The van der Waals surface area contributed by atoms with E-state index in [1.807, 2.05) is 6.92 Å². The summed E-state index contributed by atoms with van der Waals surface area (Å²) in [6.07, 6.45) is 1.20. The molecule has 0 saturated heterocycles. The van der Waals surface area contributed by atoms with E-state index in [-0.39, 0.29) is 18.8 Å². The number of rotatable bonds is 5. The first-order valence-electron chi connectivity index (χ1n) is 5.02. The highest BCUT2D eigenvalue weighted by molar-refractivity contribution is 5.88. The van der Waals surface area contributed by atoms with Crippen LogP contribution in [0, 0.1) is 0 Å². The van der Waals surface area contributed by atoms with Crippen molar-refractivity contribution in [2.24, 2.45) is 0 Å². The van der Waals surface area contributed by atoms with Gasteiger partial charge >= 0.3 is 5.97 Å². The fourth-order valence-corrected chi connectivity index (χ4v) is 1.06. The summed E-state index contributed by atoms with van der Waals surface area (Å²) >= 11 is 0. The molecule has 1 rings (SSSR count). The molecule has 0 bridgehead atoms. The Morgan fingerprint density at radius 3 is 2.75 bits per heavy atom. The number of ether oxygens (including phenoxy) is 2. The summed E-state index contributed by atoms with van der Waals surface area (Å²) in [7, 11) is 0. The number of hydrogen-bond donors (Lipinski definition) is 1. The SMILES string of the molecule is CCOCc1ncc(C(=O)OCC)c(=O)[nH]1. The minimum atomic E-state index is -0.667. The molecule has 0 saturated carbocycles. The van der Waals surface area contributed by atoms with Crippen molar-refractivity contribution in [3.05, 3.63) is 27.9 Å². The molecule has 6 nitrogen and oxygen atoms in total. The molecule has 6 heteroatoms. The molecule has 0 aliphatic carbocycles. The second-order valence-electron chi connectivity index (χ2n) is 2.93. The zero-order chi connectivity index (χ0) is 12.0. The zero-order valence-electron chi connectivity index (χ0n) is 9.28. The Balaban J connectivity index is 2.83. The summed E-state index contributed by atoms with van der Waals surface area (Å²) in [4.78, 5) is 29.1. The van der Waals surface area contributed by atoms with Crippen LogP contribution in [0.15, 0.2) is 11.0 Å². The largest absolute Gasteiger partial charge is 0.462 e. The van der Waals surface area contributed by atoms with Gasteiger partial charge in [0.25, 0.3) is 5.56 Å². The van der Waals surface area contributed by atoms with Crippen molar-refractivity contribution in [3.8, 4) is 0 Å². The molecule has 16 heavy (non-hydrogen) atoms. The van der Waals surface area contributed by atoms with Gasteiger partial charge in [-0.25, -0.2) is 9.78 Å². The second kappa shape index (κ2) is 6.02. The van der Waals surface area contributed by atoms with Gasteiger partial charge in [-0.15, -0.1) is 0 Å². The lowest BCUT2D eigenvalue weighted by Gasteiger charge is -2.03. The molecule has 0 spiro atoms. The lowest BCUT2D eigenvalue weighted by Crippen LogP contribution is -2.22. The van der Waals surface area contributed by atoms with Crippen molar-refractivity contribution in [1.29, 1.82) is 0 Å². The van der Waals surface area contributed by atoms with Crippen LogP contribution in [0.5, 0.6) is 0 Å². The fourth-order valence-electron chi connectivity index (χ4n) is 1.06. The van der Waals surface area contributed by atoms with Gasteiger partial charge in [0.05, 0.1) is 6.61 Å². The first kappa shape index (κ1) is 12.4. The molecule has 0 aromatic carbocycles.